The first kappa shape index (κ1) is 22.7. The fourth-order valence-electron chi connectivity index (χ4n) is 4.07. The minimum Gasteiger partial charge on any atom is -0.385 e. The number of pyridine rings is 1. The van der Waals surface area contributed by atoms with E-state index in [1.807, 2.05) is 47.4 Å². The first-order valence-electron chi connectivity index (χ1n) is 11.3. The number of anilines is 1. The van der Waals surface area contributed by atoms with Gasteiger partial charge in [0.05, 0.1) is 6.54 Å². The Morgan fingerprint density at radius 2 is 1.94 bits per heavy atom. The van der Waals surface area contributed by atoms with Crippen LogP contribution in [0.1, 0.15) is 24.8 Å². The van der Waals surface area contributed by atoms with Gasteiger partial charge in [-0.25, -0.2) is 14.8 Å². The molecule has 3 heterocycles. The number of piperidine rings is 1. The SMILES string of the molecule is COCCCNC(=O)NC1CCN(c2nc3cccnc3n(Cc3ccccc3)c2=O)CC1. The van der Waals surface area contributed by atoms with Gasteiger partial charge in [0.2, 0.25) is 0 Å². The lowest BCUT2D eigenvalue weighted by Gasteiger charge is -2.33. The molecule has 33 heavy (non-hydrogen) atoms. The number of carbonyl (C=O) groups excluding carboxylic acids is 1. The Balaban J connectivity index is 1.46. The number of aromatic nitrogens is 3. The molecule has 0 bridgehead atoms. The van der Waals surface area contributed by atoms with Crippen LogP contribution in [-0.2, 0) is 11.3 Å². The highest BCUT2D eigenvalue weighted by atomic mass is 16.5. The van der Waals surface area contributed by atoms with Crippen molar-refractivity contribution in [2.75, 3.05) is 38.3 Å². The number of hydrogen-bond donors (Lipinski definition) is 2. The van der Waals surface area contributed by atoms with Gasteiger partial charge in [0, 0.05) is 45.6 Å². The maximum atomic E-state index is 13.4. The molecule has 1 aliphatic heterocycles. The molecule has 3 aromatic rings. The number of benzene rings is 1. The number of methoxy groups -OCH3 is 1. The third-order valence-corrected chi connectivity index (χ3v) is 5.81. The summed E-state index contributed by atoms with van der Waals surface area (Å²) >= 11 is 0. The molecule has 0 spiro atoms. The molecule has 0 aliphatic carbocycles. The molecule has 9 heteroatoms. The van der Waals surface area contributed by atoms with Gasteiger partial charge < -0.3 is 20.3 Å². The largest absolute Gasteiger partial charge is 0.385 e. The number of nitrogens with zero attached hydrogens (tertiary/aromatic N) is 4. The fourth-order valence-corrected chi connectivity index (χ4v) is 4.07. The third kappa shape index (κ3) is 5.67. The van der Waals surface area contributed by atoms with Crippen LogP contribution in [0.4, 0.5) is 10.6 Å². The van der Waals surface area contributed by atoms with Crippen molar-refractivity contribution in [1.29, 1.82) is 0 Å². The summed E-state index contributed by atoms with van der Waals surface area (Å²) in [6, 6.07) is 13.5. The summed E-state index contributed by atoms with van der Waals surface area (Å²) in [5.41, 5.74) is 2.16. The predicted octanol–water partition coefficient (Wildman–Crippen LogP) is 2.14. The van der Waals surface area contributed by atoms with Crippen LogP contribution in [0.5, 0.6) is 0 Å². The second kappa shape index (κ2) is 10.9. The van der Waals surface area contributed by atoms with Crippen molar-refractivity contribution in [2.24, 2.45) is 0 Å². The predicted molar refractivity (Wildman–Crippen MR) is 128 cm³/mol. The fraction of sp³-hybridized carbons (Fsp3) is 0.417. The van der Waals surface area contributed by atoms with Gasteiger partial charge in [0.25, 0.3) is 5.56 Å². The first-order valence-corrected chi connectivity index (χ1v) is 11.3. The van der Waals surface area contributed by atoms with E-state index < -0.39 is 0 Å². The van der Waals surface area contributed by atoms with Gasteiger partial charge >= 0.3 is 6.03 Å². The molecule has 9 nitrogen and oxygen atoms in total. The third-order valence-electron chi connectivity index (χ3n) is 5.81. The lowest BCUT2D eigenvalue weighted by molar-refractivity contribution is 0.193. The Morgan fingerprint density at radius 1 is 1.15 bits per heavy atom. The molecule has 174 valence electrons. The van der Waals surface area contributed by atoms with E-state index >= 15 is 0 Å². The average Bonchev–Trinajstić information content (AvgIpc) is 2.85. The molecule has 2 amide bonds. The number of fused-ring (bicyclic) bond motifs is 1. The van der Waals surface area contributed by atoms with Crippen molar-refractivity contribution < 1.29 is 9.53 Å². The van der Waals surface area contributed by atoms with Crippen LogP contribution in [0.3, 0.4) is 0 Å². The molecule has 1 aliphatic rings. The standard InChI is InChI=1S/C24H30N6O3/c1-33-16-6-13-26-24(32)27-19-10-14-29(15-11-19)22-23(31)30(17-18-7-3-2-4-8-18)21-20(28-22)9-5-12-25-21/h2-5,7-9,12,19H,6,10-11,13-17H2,1H3,(H2,26,27,32). The van der Waals surface area contributed by atoms with Gasteiger partial charge in [0.1, 0.15) is 5.52 Å². The average molecular weight is 451 g/mol. The topological polar surface area (TPSA) is 101 Å². The van der Waals surface area contributed by atoms with E-state index in [0.29, 0.717) is 49.8 Å². The van der Waals surface area contributed by atoms with Crippen LogP contribution in [0.15, 0.2) is 53.5 Å². The molecule has 0 saturated carbocycles. The molecule has 2 N–H and O–H groups in total. The molecular formula is C24H30N6O3. The summed E-state index contributed by atoms with van der Waals surface area (Å²) in [6.45, 7) is 2.93. The summed E-state index contributed by atoms with van der Waals surface area (Å²) in [5, 5.41) is 5.88. The smallest absolute Gasteiger partial charge is 0.315 e. The minimum absolute atomic E-state index is 0.0670. The second-order valence-electron chi connectivity index (χ2n) is 8.17. The number of urea groups is 1. The van der Waals surface area contributed by atoms with E-state index in [1.54, 1.807) is 17.9 Å². The molecule has 2 aromatic heterocycles. The highest BCUT2D eigenvalue weighted by molar-refractivity contribution is 5.74. The van der Waals surface area contributed by atoms with Gasteiger partial charge in [-0.3, -0.25) is 9.36 Å². The van der Waals surface area contributed by atoms with Crippen molar-refractivity contribution in [3.05, 3.63) is 64.6 Å². The molecule has 1 saturated heterocycles. The van der Waals surface area contributed by atoms with Gasteiger partial charge in [-0.15, -0.1) is 0 Å². The Kier molecular flexibility index (Phi) is 7.51. The number of ether oxygens (including phenoxy) is 1. The summed E-state index contributed by atoms with van der Waals surface area (Å²) in [7, 11) is 1.64. The van der Waals surface area contributed by atoms with Crippen LogP contribution >= 0.6 is 0 Å². The molecule has 0 atom stereocenters. The van der Waals surface area contributed by atoms with Crippen molar-refractivity contribution in [1.82, 2.24) is 25.2 Å². The van der Waals surface area contributed by atoms with Crippen LogP contribution in [0.2, 0.25) is 0 Å². The van der Waals surface area contributed by atoms with Gasteiger partial charge in [-0.2, -0.15) is 0 Å². The molecular weight excluding hydrogens is 420 g/mol. The maximum absolute atomic E-state index is 13.4. The highest BCUT2D eigenvalue weighted by Gasteiger charge is 2.24. The van der Waals surface area contributed by atoms with Crippen LogP contribution < -0.4 is 21.1 Å². The van der Waals surface area contributed by atoms with Crippen molar-refractivity contribution >= 4 is 23.0 Å². The van der Waals surface area contributed by atoms with Gasteiger partial charge in [-0.1, -0.05) is 30.3 Å². The summed E-state index contributed by atoms with van der Waals surface area (Å²) in [6.07, 6.45) is 3.95. The molecule has 0 radical (unpaired) electrons. The van der Waals surface area contributed by atoms with E-state index in [2.05, 4.69) is 20.6 Å². The van der Waals surface area contributed by atoms with E-state index in [9.17, 15) is 9.59 Å². The Morgan fingerprint density at radius 3 is 2.70 bits per heavy atom. The monoisotopic (exact) mass is 450 g/mol. The summed E-state index contributed by atoms with van der Waals surface area (Å²) in [5.74, 6) is 0.439. The zero-order valence-corrected chi connectivity index (χ0v) is 18.9. The van der Waals surface area contributed by atoms with Gasteiger partial charge in [-0.05, 0) is 37.0 Å². The van der Waals surface area contributed by atoms with E-state index in [-0.39, 0.29) is 17.6 Å². The Hall–Kier alpha value is -3.46. The summed E-state index contributed by atoms with van der Waals surface area (Å²) in [4.78, 5) is 36.6. The molecule has 1 aromatic carbocycles. The number of rotatable bonds is 8. The lowest BCUT2D eigenvalue weighted by Crippen LogP contribution is -2.49. The van der Waals surface area contributed by atoms with Crippen molar-refractivity contribution in [3.63, 3.8) is 0 Å². The number of carbonyl (C=O) groups is 1. The quantitative estimate of drug-likeness (QED) is 0.510. The molecule has 1 fully saturated rings. The second-order valence-corrected chi connectivity index (χ2v) is 8.17. The summed E-state index contributed by atoms with van der Waals surface area (Å²) < 4.78 is 6.69. The maximum Gasteiger partial charge on any atom is 0.315 e. The van der Waals surface area contributed by atoms with Crippen LogP contribution in [-0.4, -0.2) is 60.0 Å². The van der Waals surface area contributed by atoms with Crippen molar-refractivity contribution in [3.8, 4) is 0 Å². The first-order chi connectivity index (χ1) is 16.2. The van der Waals surface area contributed by atoms with Crippen LogP contribution in [0, 0.1) is 0 Å². The Bertz CT molecular complexity index is 1130. The number of hydrogen-bond acceptors (Lipinski definition) is 6. The number of nitrogens with one attached hydrogen (secondary N) is 2. The van der Waals surface area contributed by atoms with E-state index in [0.717, 1.165) is 24.8 Å². The van der Waals surface area contributed by atoms with Crippen molar-refractivity contribution in [2.45, 2.75) is 31.8 Å². The van der Waals surface area contributed by atoms with Gasteiger partial charge in [0.15, 0.2) is 11.5 Å². The highest BCUT2D eigenvalue weighted by Crippen LogP contribution is 2.18. The lowest BCUT2D eigenvalue weighted by atomic mass is 10.1. The zero-order chi connectivity index (χ0) is 23.0. The zero-order valence-electron chi connectivity index (χ0n) is 18.9. The van der Waals surface area contributed by atoms with E-state index in [4.69, 9.17) is 4.74 Å². The van der Waals surface area contributed by atoms with Crippen LogP contribution in [0.25, 0.3) is 11.2 Å². The van der Waals surface area contributed by atoms with E-state index in [1.165, 1.54) is 0 Å². The molecule has 4 rings (SSSR count). The minimum atomic E-state index is -0.162. The molecule has 0 unspecified atom stereocenters. The number of amides is 2. The Labute approximate surface area is 192 Å². The normalized spacial score (nSPS) is 14.4.